The van der Waals surface area contributed by atoms with Gasteiger partial charge in [0.1, 0.15) is 6.54 Å². The maximum absolute atomic E-state index is 14.0. The number of aryl methyl sites for hydroxylation is 2. The van der Waals surface area contributed by atoms with E-state index in [1.165, 1.54) is 11.1 Å². The smallest absolute Gasteiger partial charge is 0.317 e. The normalized spacial score (nSPS) is 17.2. The molecule has 2 aromatic carbocycles. The Balaban J connectivity index is 1.61. The van der Waals surface area contributed by atoms with Gasteiger partial charge in [-0.2, -0.15) is 5.10 Å². The summed E-state index contributed by atoms with van der Waals surface area (Å²) in [5.41, 5.74) is 5.06. The van der Waals surface area contributed by atoms with Gasteiger partial charge in [0.25, 0.3) is 5.91 Å². The second kappa shape index (κ2) is 14.3. The highest BCUT2D eigenvalue weighted by molar-refractivity contribution is 6.03. The molecule has 1 atom stereocenters. The number of nitrogens with one attached hydrogen (secondary N) is 1. The van der Waals surface area contributed by atoms with Crippen LogP contribution in [0, 0.1) is 13.8 Å². The van der Waals surface area contributed by atoms with Crippen molar-refractivity contribution in [2.24, 2.45) is 5.10 Å². The van der Waals surface area contributed by atoms with Crippen LogP contribution in [0.3, 0.4) is 0 Å². The third kappa shape index (κ3) is 7.56. The summed E-state index contributed by atoms with van der Waals surface area (Å²) in [5, 5.41) is 9.33. The molecule has 0 saturated carbocycles. The standard InChI is InChI=1S/C31H43N5O5/c1-6-11-32-31(38)35(13-12-34-14-16-41-17-15-34)21-30(37)36-27(25-9-10-28(39-4)29(19-25)40-5)20-26(33-36)24-8-7-22(2)23(3)18-24/h7-10,18-19,27H,6,11-17,20-21H2,1-5H3,(H,32,38)/t27-/m0/s1. The number of carbonyl (C=O) groups excluding carboxylic acids is 2. The molecule has 3 amide bonds. The molecule has 2 heterocycles. The average Bonchev–Trinajstić information content (AvgIpc) is 3.45. The van der Waals surface area contributed by atoms with Crippen LogP contribution in [0.2, 0.25) is 0 Å². The number of morpholine rings is 1. The first-order chi connectivity index (χ1) is 19.8. The van der Waals surface area contributed by atoms with Crippen molar-refractivity contribution in [2.45, 2.75) is 39.7 Å². The number of benzene rings is 2. The quantitative estimate of drug-likeness (QED) is 0.446. The van der Waals surface area contributed by atoms with E-state index in [1.54, 1.807) is 24.1 Å². The summed E-state index contributed by atoms with van der Waals surface area (Å²) in [6.45, 7) is 10.7. The Morgan fingerprint density at radius 2 is 1.80 bits per heavy atom. The topological polar surface area (TPSA) is 95.9 Å². The minimum Gasteiger partial charge on any atom is -0.493 e. The zero-order valence-corrected chi connectivity index (χ0v) is 24.9. The number of amides is 3. The highest BCUT2D eigenvalue weighted by Crippen LogP contribution is 2.37. The van der Waals surface area contributed by atoms with Gasteiger partial charge in [-0.25, -0.2) is 9.80 Å². The summed E-state index contributed by atoms with van der Waals surface area (Å²) in [5.74, 6) is 0.963. The van der Waals surface area contributed by atoms with Crippen molar-refractivity contribution >= 4 is 17.6 Å². The first kappa shape index (κ1) is 30.3. The molecule has 10 heteroatoms. The van der Waals surface area contributed by atoms with Gasteiger partial charge in [-0.15, -0.1) is 0 Å². The van der Waals surface area contributed by atoms with Gasteiger partial charge in [-0.3, -0.25) is 9.69 Å². The Kier molecular flexibility index (Phi) is 10.6. The van der Waals surface area contributed by atoms with E-state index in [4.69, 9.17) is 19.3 Å². The van der Waals surface area contributed by atoms with E-state index in [-0.39, 0.29) is 24.5 Å². The lowest BCUT2D eigenvalue weighted by Gasteiger charge is -2.31. The first-order valence-corrected chi connectivity index (χ1v) is 14.4. The fourth-order valence-electron chi connectivity index (χ4n) is 5.07. The second-order valence-electron chi connectivity index (χ2n) is 10.5. The number of rotatable bonds is 11. The van der Waals surface area contributed by atoms with Crippen LogP contribution in [0.4, 0.5) is 4.79 Å². The number of ether oxygens (including phenoxy) is 3. The number of carbonyl (C=O) groups is 2. The molecule has 1 saturated heterocycles. The summed E-state index contributed by atoms with van der Waals surface area (Å²) in [7, 11) is 3.19. The van der Waals surface area contributed by atoms with Crippen LogP contribution in [-0.4, -0.2) is 99.2 Å². The van der Waals surface area contributed by atoms with Crippen molar-refractivity contribution in [1.82, 2.24) is 20.1 Å². The third-order valence-electron chi connectivity index (χ3n) is 7.73. The molecule has 2 aliphatic heterocycles. The Morgan fingerprint density at radius 3 is 2.49 bits per heavy atom. The Labute approximate surface area is 243 Å². The van der Waals surface area contributed by atoms with Gasteiger partial charge < -0.3 is 24.4 Å². The van der Waals surface area contributed by atoms with E-state index in [1.807, 2.05) is 31.2 Å². The maximum Gasteiger partial charge on any atom is 0.317 e. The number of hydrogen-bond donors (Lipinski definition) is 1. The highest BCUT2D eigenvalue weighted by Gasteiger charge is 2.35. The zero-order valence-electron chi connectivity index (χ0n) is 24.9. The summed E-state index contributed by atoms with van der Waals surface area (Å²) >= 11 is 0. The molecule has 0 aliphatic carbocycles. The van der Waals surface area contributed by atoms with Crippen molar-refractivity contribution in [2.75, 3.05) is 66.7 Å². The van der Waals surface area contributed by atoms with E-state index < -0.39 is 0 Å². The molecule has 0 aromatic heterocycles. The molecule has 41 heavy (non-hydrogen) atoms. The Bertz CT molecular complexity index is 1240. The molecule has 2 aromatic rings. The lowest BCUT2D eigenvalue weighted by atomic mass is 9.96. The lowest BCUT2D eigenvalue weighted by Crippen LogP contribution is -2.49. The van der Waals surface area contributed by atoms with E-state index in [0.717, 1.165) is 36.3 Å². The summed E-state index contributed by atoms with van der Waals surface area (Å²) < 4.78 is 16.4. The first-order valence-electron chi connectivity index (χ1n) is 14.4. The summed E-state index contributed by atoms with van der Waals surface area (Å²) in [6.07, 6.45) is 1.35. The largest absolute Gasteiger partial charge is 0.493 e. The van der Waals surface area contributed by atoms with Gasteiger partial charge in [0.05, 0.1) is 39.2 Å². The van der Waals surface area contributed by atoms with Gasteiger partial charge in [0.2, 0.25) is 0 Å². The van der Waals surface area contributed by atoms with Crippen molar-refractivity contribution in [3.05, 3.63) is 58.7 Å². The molecule has 1 fully saturated rings. The fraction of sp³-hybridized carbons (Fsp3) is 0.516. The SMILES string of the molecule is CCCNC(=O)N(CCN1CCOCC1)CC(=O)N1N=C(c2ccc(C)c(C)c2)C[C@H]1c1ccc(OC)c(OC)c1. The number of nitrogens with zero attached hydrogens (tertiary/aromatic N) is 4. The Morgan fingerprint density at radius 1 is 1.05 bits per heavy atom. The molecule has 222 valence electrons. The molecule has 10 nitrogen and oxygen atoms in total. The van der Waals surface area contributed by atoms with E-state index in [0.29, 0.717) is 50.8 Å². The fourth-order valence-corrected chi connectivity index (χ4v) is 5.07. The molecule has 0 bridgehead atoms. The molecule has 4 rings (SSSR count). The summed E-state index contributed by atoms with van der Waals surface area (Å²) in [4.78, 5) is 30.9. The highest BCUT2D eigenvalue weighted by atomic mass is 16.5. The van der Waals surface area contributed by atoms with E-state index >= 15 is 0 Å². The molecule has 0 spiro atoms. The molecule has 2 aliphatic rings. The molecular weight excluding hydrogens is 522 g/mol. The third-order valence-corrected chi connectivity index (χ3v) is 7.73. The molecule has 1 N–H and O–H groups in total. The number of methoxy groups -OCH3 is 2. The minimum atomic E-state index is -0.348. The van der Waals surface area contributed by atoms with Crippen LogP contribution in [0.1, 0.15) is 48.1 Å². The van der Waals surface area contributed by atoms with Crippen molar-refractivity contribution in [3.8, 4) is 11.5 Å². The Hall–Kier alpha value is -3.63. The van der Waals surface area contributed by atoms with Crippen molar-refractivity contribution in [1.29, 1.82) is 0 Å². The van der Waals surface area contributed by atoms with E-state index in [9.17, 15) is 9.59 Å². The van der Waals surface area contributed by atoms with Crippen LogP contribution in [0.5, 0.6) is 11.5 Å². The van der Waals surface area contributed by atoms with Gasteiger partial charge >= 0.3 is 6.03 Å². The van der Waals surface area contributed by atoms with Crippen LogP contribution < -0.4 is 14.8 Å². The number of hydrogen-bond acceptors (Lipinski definition) is 7. The van der Waals surface area contributed by atoms with Crippen molar-refractivity contribution in [3.63, 3.8) is 0 Å². The van der Waals surface area contributed by atoms with E-state index in [2.05, 4.69) is 36.2 Å². The summed E-state index contributed by atoms with van der Waals surface area (Å²) in [6, 6.07) is 11.3. The molecule has 0 radical (unpaired) electrons. The van der Waals surface area contributed by atoms with Gasteiger partial charge in [0.15, 0.2) is 11.5 Å². The average molecular weight is 566 g/mol. The van der Waals surface area contributed by atoms with Crippen LogP contribution in [-0.2, 0) is 9.53 Å². The van der Waals surface area contributed by atoms with Gasteiger partial charge in [-0.1, -0.05) is 25.1 Å². The van der Waals surface area contributed by atoms with Crippen LogP contribution >= 0.6 is 0 Å². The monoisotopic (exact) mass is 565 g/mol. The van der Waals surface area contributed by atoms with Gasteiger partial charge in [0, 0.05) is 39.1 Å². The predicted octanol–water partition coefficient (Wildman–Crippen LogP) is 3.75. The number of urea groups is 1. The van der Waals surface area contributed by atoms with Crippen LogP contribution in [0.15, 0.2) is 41.5 Å². The molecule has 0 unspecified atom stereocenters. The second-order valence-corrected chi connectivity index (χ2v) is 10.5. The zero-order chi connectivity index (χ0) is 29.4. The number of hydrazone groups is 1. The van der Waals surface area contributed by atoms with Gasteiger partial charge in [-0.05, 0) is 60.7 Å². The molecular formula is C31H43N5O5. The lowest BCUT2D eigenvalue weighted by molar-refractivity contribution is -0.133. The van der Waals surface area contributed by atoms with Crippen molar-refractivity contribution < 1.29 is 23.8 Å². The minimum absolute atomic E-state index is 0.0760. The maximum atomic E-state index is 14.0. The predicted molar refractivity (Wildman–Crippen MR) is 159 cm³/mol. The van der Waals surface area contributed by atoms with Crippen LogP contribution in [0.25, 0.3) is 0 Å².